The third-order valence-corrected chi connectivity index (χ3v) is 3.63. The number of rotatable bonds is 3. The first kappa shape index (κ1) is 14.4. The van der Waals surface area contributed by atoms with Crippen molar-refractivity contribution >= 4 is 17.5 Å². The van der Waals surface area contributed by atoms with E-state index < -0.39 is 0 Å². The van der Waals surface area contributed by atoms with E-state index in [1.54, 1.807) is 21.1 Å². The zero-order chi connectivity index (χ0) is 14.7. The Morgan fingerprint density at radius 2 is 1.95 bits per heavy atom. The predicted molar refractivity (Wildman–Crippen MR) is 78.6 cm³/mol. The SMILES string of the molecule is CN(C)C(=O)CN(C)C(=O)C1CCNc2ccccc21. The van der Waals surface area contributed by atoms with E-state index in [0.717, 1.165) is 24.2 Å². The summed E-state index contributed by atoms with van der Waals surface area (Å²) in [4.78, 5) is 27.3. The highest BCUT2D eigenvalue weighted by Gasteiger charge is 2.29. The van der Waals surface area contributed by atoms with Crippen molar-refractivity contribution in [3.8, 4) is 0 Å². The van der Waals surface area contributed by atoms with Gasteiger partial charge in [0.05, 0.1) is 12.5 Å². The molecular formula is C15H21N3O2. The van der Waals surface area contributed by atoms with Crippen molar-refractivity contribution in [1.29, 1.82) is 0 Å². The average Bonchev–Trinajstić information content (AvgIpc) is 2.45. The van der Waals surface area contributed by atoms with Crippen LogP contribution in [-0.4, -0.2) is 55.8 Å². The molecule has 0 saturated heterocycles. The Balaban J connectivity index is 2.12. The molecule has 108 valence electrons. The number of benzene rings is 1. The third kappa shape index (κ3) is 2.92. The molecule has 0 bridgehead atoms. The van der Waals surface area contributed by atoms with Gasteiger partial charge in [0.25, 0.3) is 0 Å². The first-order chi connectivity index (χ1) is 9.50. The van der Waals surface area contributed by atoms with E-state index in [9.17, 15) is 9.59 Å². The molecule has 1 aromatic carbocycles. The number of fused-ring (bicyclic) bond motifs is 1. The monoisotopic (exact) mass is 275 g/mol. The number of amides is 2. The second-order valence-corrected chi connectivity index (χ2v) is 5.34. The summed E-state index contributed by atoms with van der Waals surface area (Å²) in [6, 6.07) is 7.86. The number of hydrogen-bond acceptors (Lipinski definition) is 3. The minimum Gasteiger partial charge on any atom is -0.385 e. The van der Waals surface area contributed by atoms with E-state index in [2.05, 4.69) is 5.32 Å². The highest BCUT2D eigenvalue weighted by Crippen LogP contribution is 2.32. The maximum Gasteiger partial charge on any atom is 0.241 e. The molecule has 1 atom stereocenters. The lowest BCUT2D eigenvalue weighted by atomic mass is 9.90. The fourth-order valence-electron chi connectivity index (χ4n) is 2.41. The zero-order valence-corrected chi connectivity index (χ0v) is 12.2. The molecule has 1 N–H and O–H groups in total. The van der Waals surface area contributed by atoms with Gasteiger partial charge in [0.15, 0.2) is 0 Å². The summed E-state index contributed by atoms with van der Waals surface area (Å²) in [6.45, 7) is 0.904. The number of likely N-dealkylation sites (N-methyl/N-ethyl adjacent to an activating group) is 2. The lowest BCUT2D eigenvalue weighted by Crippen LogP contribution is -2.41. The Morgan fingerprint density at radius 3 is 2.65 bits per heavy atom. The second kappa shape index (κ2) is 5.94. The van der Waals surface area contributed by atoms with Crippen molar-refractivity contribution in [1.82, 2.24) is 9.80 Å². The molecule has 1 aliphatic rings. The van der Waals surface area contributed by atoms with Crippen molar-refractivity contribution in [2.75, 3.05) is 39.5 Å². The van der Waals surface area contributed by atoms with Crippen LogP contribution in [0.25, 0.3) is 0 Å². The summed E-state index contributed by atoms with van der Waals surface area (Å²) in [5.74, 6) is -0.218. The second-order valence-electron chi connectivity index (χ2n) is 5.34. The van der Waals surface area contributed by atoms with Crippen LogP contribution in [0.5, 0.6) is 0 Å². The molecule has 20 heavy (non-hydrogen) atoms. The van der Waals surface area contributed by atoms with Gasteiger partial charge in [-0.3, -0.25) is 9.59 Å². The molecule has 0 fully saturated rings. The smallest absolute Gasteiger partial charge is 0.241 e. The van der Waals surface area contributed by atoms with E-state index >= 15 is 0 Å². The van der Waals surface area contributed by atoms with Gasteiger partial charge in [-0.15, -0.1) is 0 Å². The van der Waals surface area contributed by atoms with Gasteiger partial charge in [0.2, 0.25) is 11.8 Å². The minimum atomic E-state index is -0.160. The predicted octanol–water partition coefficient (Wildman–Crippen LogP) is 1.13. The van der Waals surface area contributed by atoms with Crippen LogP contribution in [0.1, 0.15) is 17.9 Å². The van der Waals surface area contributed by atoms with Crippen molar-refractivity contribution in [3.05, 3.63) is 29.8 Å². The summed E-state index contributed by atoms with van der Waals surface area (Å²) < 4.78 is 0. The van der Waals surface area contributed by atoms with Crippen LogP contribution in [0, 0.1) is 0 Å². The highest BCUT2D eigenvalue weighted by atomic mass is 16.2. The van der Waals surface area contributed by atoms with Crippen molar-refractivity contribution in [2.45, 2.75) is 12.3 Å². The van der Waals surface area contributed by atoms with Crippen LogP contribution in [-0.2, 0) is 9.59 Å². The molecular weight excluding hydrogens is 254 g/mol. The third-order valence-electron chi connectivity index (χ3n) is 3.63. The normalized spacial score (nSPS) is 16.9. The largest absolute Gasteiger partial charge is 0.385 e. The van der Waals surface area contributed by atoms with Gasteiger partial charge in [-0.25, -0.2) is 0 Å². The van der Waals surface area contributed by atoms with Crippen LogP contribution in [0.15, 0.2) is 24.3 Å². The van der Waals surface area contributed by atoms with Crippen LogP contribution >= 0.6 is 0 Å². The molecule has 2 rings (SSSR count). The van der Waals surface area contributed by atoms with Gasteiger partial charge >= 0.3 is 0 Å². The maximum atomic E-state index is 12.5. The van der Waals surface area contributed by atoms with Crippen molar-refractivity contribution < 1.29 is 9.59 Å². The fraction of sp³-hybridized carbons (Fsp3) is 0.467. The van der Waals surface area contributed by atoms with Gasteiger partial charge in [0.1, 0.15) is 0 Å². The zero-order valence-electron chi connectivity index (χ0n) is 12.2. The lowest BCUT2D eigenvalue weighted by molar-refractivity contribution is -0.139. The molecule has 0 aliphatic carbocycles. The summed E-state index contributed by atoms with van der Waals surface area (Å²) in [5, 5.41) is 3.30. The first-order valence-corrected chi connectivity index (χ1v) is 6.78. The maximum absolute atomic E-state index is 12.5. The van der Waals surface area contributed by atoms with E-state index in [1.165, 1.54) is 9.80 Å². The molecule has 0 saturated carbocycles. The molecule has 5 heteroatoms. The molecule has 1 aliphatic heterocycles. The molecule has 1 aromatic rings. The summed E-state index contributed by atoms with van der Waals surface area (Å²) in [7, 11) is 5.08. The topological polar surface area (TPSA) is 52.7 Å². The van der Waals surface area contributed by atoms with E-state index in [0.29, 0.717) is 0 Å². The molecule has 0 spiro atoms. The Morgan fingerprint density at radius 1 is 1.25 bits per heavy atom. The van der Waals surface area contributed by atoms with Gasteiger partial charge < -0.3 is 15.1 Å². The Kier molecular flexibility index (Phi) is 4.27. The number of hydrogen-bond donors (Lipinski definition) is 1. The summed E-state index contributed by atoms with van der Waals surface area (Å²) >= 11 is 0. The fourth-order valence-corrected chi connectivity index (χ4v) is 2.41. The summed E-state index contributed by atoms with van der Waals surface area (Å²) in [5.41, 5.74) is 2.04. The molecule has 0 radical (unpaired) electrons. The average molecular weight is 275 g/mol. The first-order valence-electron chi connectivity index (χ1n) is 6.78. The van der Waals surface area contributed by atoms with E-state index in [1.807, 2.05) is 24.3 Å². The molecule has 5 nitrogen and oxygen atoms in total. The Bertz CT molecular complexity index is 514. The number of nitrogens with zero attached hydrogens (tertiary/aromatic N) is 2. The van der Waals surface area contributed by atoms with Crippen LogP contribution in [0.2, 0.25) is 0 Å². The number of para-hydroxylation sites is 1. The number of carbonyl (C=O) groups is 2. The molecule has 0 aromatic heterocycles. The standard InChI is InChI=1S/C15H21N3O2/c1-17(2)14(19)10-18(3)15(20)12-8-9-16-13-7-5-4-6-11(12)13/h4-7,12,16H,8-10H2,1-3H3. The van der Waals surface area contributed by atoms with Gasteiger partial charge in [0, 0.05) is 33.4 Å². The van der Waals surface area contributed by atoms with E-state index in [-0.39, 0.29) is 24.3 Å². The summed E-state index contributed by atoms with van der Waals surface area (Å²) in [6.07, 6.45) is 0.760. The Hall–Kier alpha value is -2.04. The highest BCUT2D eigenvalue weighted by molar-refractivity contribution is 5.89. The van der Waals surface area contributed by atoms with Crippen LogP contribution in [0.3, 0.4) is 0 Å². The molecule has 1 heterocycles. The minimum absolute atomic E-state index is 0.00847. The number of carbonyl (C=O) groups excluding carboxylic acids is 2. The van der Waals surface area contributed by atoms with Crippen molar-refractivity contribution in [2.24, 2.45) is 0 Å². The lowest BCUT2D eigenvalue weighted by Gasteiger charge is -2.29. The van der Waals surface area contributed by atoms with Crippen LogP contribution in [0.4, 0.5) is 5.69 Å². The number of nitrogens with one attached hydrogen (secondary N) is 1. The number of anilines is 1. The van der Waals surface area contributed by atoms with Gasteiger partial charge in [-0.2, -0.15) is 0 Å². The Labute approximate surface area is 119 Å². The van der Waals surface area contributed by atoms with Gasteiger partial charge in [-0.1, -0.05) is 18.2 Å². The van der Waals surface area contributed by atoms with Gasteiger partial charge in [-0.05, 0) is 18.1 Å². The van der Waals surface area contributed by atoms with E-state index in [4.69, 9.17) is 0 Å². The molecule has 2 amide bonds. The quantitative estimate of drug-likeness (QED) is 0.900. The van der Waals surface area contributed by atoms with Crippen LogP contribution < -0.4 is 5.32 Å². The molecule has 1 unspecified atom stereocenters. The van der Waals surface area contributed by atoms with Crippen molar-refractivity contribution in [3.63, 3.8) is 0 Å².